The standard InChI is InChI=1S/C19H19ClN4O4S/c1-23(12-17-21-18(22-28-17)13-4-8-15(20)9-5-13)19(25)14-6-10-16(11-7-14)24(2)29(3,26)27/h4-11H,12H2,1-3H3. The molecule has 3 rings (SSSR count). The fraction of sp³-hybridized carbons (Fsp3) is 0.211. The molecule has 8 nitrogen and oxygen atoms in total. The molecule has 29 heavy (non-hydrogen) atoms. The van der Waals surface area contributed by atoms with E-state index in [4.69, 9.17) is 16.1 Å². The number of aromatic nitrogens is 2. The van der Waals surface area contributed by atoms with E-state index in [9.17, 15) is 13.2 Å². The van der Waals surface area contributed by atoms with E-state index in [1.807, 2.05) is 0 Å². The van der Waals surface area contributed by atoms with Crippen LogP contribution in [0.5, 0.6) is 0 Å². The second-order valence-electron chi connectivity index (χ2n) is 6.46. The van der Waals surface area contributed by atoms with Crippen molar-refractivity contribution in [3.05, 3.63) is 65.0 Å². The minimum absolute atomic E-state index is 0.129. The van der Waals surface area contributed by atoms with Crippen LogP contribution in [0.2, 0.25) is 5.02 Å². The number of benzene rings is 2. The summed E-state index contributed by atoms with van der Waals surface area (Å²) in [6.45, 7) is 0.129. The van der Waals surface area contributed by atoms with E-state index in [1.54, 1.807) is 55.6 Å². The van der Waals surface area contributed by atoms with Gasteiger partial charge in [-0.25, -0.2) is 8.42 Å². The van der Waals surface area contributed by atoms with Crippen molar-refractivity contribution in [3.63, 3.8) is 0 Å². The van der Waals surface area contributed by atoms with Gasteiger partial charge in [-0.2, -0.15) is 4.98 Å². The molecule has 1 amide bonds. The van der Waals surface area contributed by atoms with Gasteiger partial charge in [-0.15, -0.1) is 0 Å². The van der Waals surface area contributed by atoms with Gasteiger partial charge in [0, 0.05) is 30.2 Å². The molecule has 2 aromatic carbocycles. The lowest BCUT2D eigenvalue weighted by Crippen LogP contribution is -2.27. The topological polar surface area (TPSA) is 96.6 Å². The van der Waals surface area contributed by atoms with E-state index in [0.717, 1.165) is 16.1 Å². The maximum atomic E-state index is 12.6. The fourth-order valence-corrected chi connectivity index (χ4v) is 3.17. The highest BCUT2D eigenvalue weighted by Gasteiger charge is 2.17. The highest BCUT2D eigenvalue weighted by atomic mass is 35.5. The van der Waals surface area contributed by atoms with Gasteiger partial charge in [-0.1, -0.05) is 16.8 Å². The molecular weight excluding hydrogens is 416 g/mol. The van der Waals surface area contributed by atoms with Crippen LogP contribution in [-0.4, -0.2) is 49.7 Å². The summed E-state index contributed by atoms with van der Waals surface area (Å²) in [5.74, 6) is 0.440. The molecule has 0 radical (unpaired) electrons. The van der Waals surface area contributed by atoms with Crippen LogP contribution >= 0.6 is 11.6 Å². The van der Waals surface area contributed by atoms with Gasteiger partial charge in [0.15, 0.2) is 0 Å². The van der Waals surface area contributed by atoms with Gasteiger partial charge >= 0.3 is 0 Å². The van der Waals surface area contributed by atoms with E-state index >= 15 is 0 Å². The lowest BCUT2D eigenvalue weighted by atomic mass is 10.2. The SMILES string of the molecule is CN(Cc1nc(-c2ccc(Cl)cc2)no1)C(=O)c1ccc(N(C)S(C)(=O)=O)cc1. The first-order chi connectivity index (χ1) is 13.6. The van der Waals surface area contributed by atoms with Crippen molar-refractivity contribution >= 4 is 33.2 Å². The lowest BCUT2D eigenvalue weighted by Gasteiger charge is -2.18. The maximum Gasteiger partial charge on any atom is 0.254 e. The van der Waals surface area contributed by atoms with Crippen LogP contribution in [-0.2, 0) is 16.6 Å². The summed E-state index contributed by atoms with van der Waals surface area (Å²) >= 11 is 5.87. The number of hydrogen-bond donors (Lipinski definition) is 0. The summed E-state index contributed by atoms with van der Waals surface area (Å²) in [6.07, 6.45) is 1.11. The van der Waals surface area contributed by atoms with Crippen LogP contribution in [0.25, 0.3) is 11.4 Å². The zero-order valence-corrected chi connectivity index (χ0v) is 17.6. The Balaban J connectivity index is 1.69. The smallest absolute Gasteiger partial charge is 0.254 e. The lowest BCUT2D eigenvalue weighted by molar-refractivity contribution is 0.0769. The van der Waals surface area contributed by atoms with Crippen molar-refractivity contribution < 1.29 is 17.7 Å². The van der Waals surface area contributed by atoms with Gasteiger partial charge in [0.05, 0.1) is 18.5 Å². The summed E-state index contributed by atoms with van der Waals surface area (Å²) in [7, 11) is -0.299. The summed E-state index contributed by atoms with van der Waals surface area (Å²) < 4.78 is 29.6. The molecular formula is C19H19ClN4O4S. The molecule has 0 aliphatic carbocycles. The number of carbonyl (C=O) groups excluding carboxylic acids is 1. The van der Waals surface area contributed by atoms with Gasteiger partial charge in [-0.05, 0) is 48.5 Å². The first-order valence-corrected chi connectivity index (χ1v) is 10.8. The third-order valence-corrected chi connectivity index (χ3v) is 5.72. The van der Waals surface area contributed by atoms with Crippen molar-refractivity contribution in [3.8, 4) is 11.4 Å². The van der Waals surface area contributed by atoms with Crippen LogP contribution in [0.3, 0.4) is 0 Å². The minimum atomic E-state index is -3.37. The average Bonchev–Trinajstić information content (AvgIpc) is 3.15. The number of nitrogens with zero attached hydrogens (tertiary/aromatic N) is 4. The minimum Gasteiger partial charge on any atom is -0.337 e. The zero-order valence-electron chi connectivity index (χ0n) is 16.0. The molecule has 0 aliphatic rings. The largest absolute Gasteiger partial charge is 0.337 e. The molecule has 0 spiro atoms. The molecule has 0 saturated heterocycles. The molecule has 10 heteroatoms. The molecule has 0 bridgehead atoms. The van der Waals surface area contributed by atoms with Gasteiger partial charge in [0.1, 0.15) is 0 Å². The molecule has 1 heterocycles. The van der Waals surface area contributed by atoms with Crippen LogP contribution < -0.4 is 4.31 Å². The normalized spacial score (nSPS) is 11.3. The fourth-order valence-electron chi connectivity index (χ4n) is 2.54. The van der Waals surface area contributed by atoms with E-state index in [1.165, 1.54) is 11.9 Å². The predicted octanol–water partition coefficient (Wildman–Crippen LogP) is 3.06. The van der Waals surface area contributed by atoms with Gasteiger partial charge < -0.3 is 9.42 Å². The van der Waals surface area contributed by atoms with E-state index in [-0.39, 0.29) is 12.5 Å². The van der Waals surface area contributed by atoms with Crippen LogP contribution in [0, 0.1) is 0 Å². The molecule has 152 valence electrons. The molecule has 0 atom stereocenters. The zero-order chi connectivity index (χ0) is 21.2. The Kier molecular flexibility index (Phi) is 5.90. The van der Waals surface area contributed by atoms with Crippen LogP contribution in [0.4, 0.5) is 5.69 Å². The van der Waals surface area contributed by atoms with E-state index in [2.05, 4.69) is 10.1 Å². The Morgan fingerprint density at radius 2 is 1.69 bits per heavy atom. The number of anilines is 1. The third kappa shape index (κ3) is 4.93. The van der Waals surface area contributed by atoms with Crippen LogP contribution in [0.15, 0.2) is 53.1 Å². The molecule has 0 unspecified atom stereocenters. The van der Waals surface area contributed by atoms with Crippen molar-refractivity contribution in [2.45, 2.75) is 6.54 Å². The summed E-state index contributed by atoms with van der Waals surface area (Å²) in [6, 6.07) is 13.3. The molecule has 0 N–H and O–H groups in total. The average molecular weight is 435 g/mol. The van der Waals surface area contributed by atoms with E-state index in [0.29, 0.717) is 28.0 Å². The molecule has 0 fully saturated rings. The third-order valence-electron chi connectivity index (χ3n) is 4.26. The quantitative estimate of drug-likeness (QED) is 0.591. The van der Waals surface area contributed by atoms with Gasteiger partial charge in [0.25, 0.3) is 5.91 Å². The molecule has 1 aromatic heterocycles. The Labute approximate surface area is 173 Å². The highest BCUT2D eigenvalue weighted by molar-refractivity contribution is 7.92. The molecule has 0 aliphatic heterocycles. The Hall–Kier alpha value is -2.91. The number of amides is 1. The van der Waals surface area contributed by atoms with Crippen molar-refractivity contribution in [2.75, 3.05) is 24.7 Å². The maximum absolute atomic E-state index is 12.6. The number of carbonyl (C=O) groups is 1. The number of sulfonamides is 1. The van der Waals surface area contributed by atoms with Crippen molar-refractivity contribution in [1.82, 2.24) is 15.0 Å². The number of hydrogen-bond acceptors (Lipinski definition) is 6. The second kappa shape index (κ2) is 8.22. The van der Waals surface area contributed by atoms with Crippen molar-refractivity contribution in [2.24, 2.45) is 0 Å². The molecule has 3 aromatic rings. The van der Waals surface area contributed by atoms with Gasteiger partial charge in [0.2, 0.25) is 21.7 Å². The monoisotopic (exact) mass is 434 g/mol. The Morgan fingerprint density at radius 3 is 2.28 bits per heavy atom. The first kappa shape index (κ1) is 20.8. The summed E-state index contributed by atoms with van der Waals surface area (Å²) in [5.41, 5.74) is 1.63. The molecule has 0 saturated carbocycles. The predicted molar refractivity (Wildman–Crippen MR) is 110 cm³/mol. The number of rotatable bonds is 6. The van der Waals surface area contributed by atoms with E-state index < -0.39 is 10.0 Å². The first-order valence-electron chi connectivity index (χ1n) is 8.53. The number of halogens is 1. The summed E-state index contributed by atoms with van der Waals surface area (Å²) in [5, 5.41) is 4.53. The second-order valence-corrected chi connectivity index (χ2v) is 8.91. The van der Waals surface area contributed by atoms with Gasteiger partial charge in [-0.3, -0.25) is 9.10 Å². The highest BCUT2D eigenvalue weighted by Crippen LogP contribution is 2.20. The Bertz CT molecular complexity index is 1110. The summed E-state index contributed by atoms with van der Waals surface area (Å²) in [4.78, 5) is 18.4. The Morgan fingerprint density at radius 1 is 1.07 bits per heavy atom. The van der Waals surface area contributed by atoms with Crippen molar-refractivity contribution in [1.29, 1.82) is 0 Å². The van der Waals surface area contributed by atoms with Crippen LogP contribution in [0.1, 0.15) is 16.2 Å².